The summed E-state index contributed by atoms with van der Waals surface area (Å²) >= 11 is 0. The summed E-state index contributed by atoms with van der Waals surface area (Å²) < 4.78 is 0. The summed E-state index contributed by atoms with van der Waals surface area (Å²) in [5, 5.41) is 0. The number of carbonyl (C=O) groups excluding carboxylic acids is 1. The Kier molecular flexibility index (Phi) is 2.30. The van der Waals surface area contributed by atoms with E-state index in [4.69, 9.17) is 0 Å². The van der Waals surface area contributed by atoms with Gasteiger partial charge in [0.25, 0.3) is 0 Å². The molecule has 0 radical (unpaired) electrons. The van der Waals surface area contributed by atoms with E-state index in [1.54, 1.807) is 0 Å². The number of hydrogen-bond acceptors (Lipinski definition) is 2. The van der Waals surface area contributed by atoms with E-state index < -0.39 is 0 Å². The molecule has 2 aliphatic rings. The van der Waals surface area contributed by atoms with E-state index in [9.17, 15) is 4.79 Å². The number of nitrogens with zero attached hydrogens (tertiary/aromatic N) is 2. The third-order valence-electron chi connectivity index (χ3n) is 3.34. The van der Waals surface area contributed by atoms with Crippen LogP contribution in [0.5, 0.6) is 0 Å². The van der Waals surface area contributed by atoms with Crippen LogP contribution in [0.2, 0.25) is 0 Å². The molecular formula is C11H20N2O. The van der Waals surface area contributed by atoms with Gasteiger partial charge in [-0.25, -0.2) is 0 Å². The minimum atomic E-state index is -0.00817. The van der Waals surface area contributed by atoms with Gasteiger partial charge in [-0.05, 0) is 40.2 Å². The zero-order chi connectivity index (χ0) is 10.3. The van der Waals surface area contributed by atoms with Crippen LogP contribution in [0, 0.1) is 0 Å². The molecule has 80 valence electrons. The van der Waals surface area contributed by atoms with Gasteiger partial charge < -0.3 is 4.90 Å². The second-order valence-corrected chi connectivity index (χ2v) is 5.35. The fourth-order valence-electron chi connectivity index (χ4n) is 2.56. The SMILES string of the molecule is CC(C)(C)N1CCN2CCC[C@@H]2C1=O. The van der Waals surface area contributed by atoms with Crippen LogP contribution in [-0.2, 0) is 4.79 Å². The molecule has 2 heterocycles. The lowest BCUT2D eigenvalue weighted by Crippen LogP contribution is -2.59. The van der Waals surface area contributed by atoms with Crippen molar-refractivity contribution in [3.05, 3.63) is 0 Å². The zero-order valence-corrected chi connectivity index (χ0v) is 9.42. The fraction of sp³-hybridized carbons (Fsp3) is 0.909. The van der Waals surface area contributed by atoms with Crippen molar-refractivity contribution >= 4 is 5.91 Å². The predicted molar refractivity (Wildman–Crippen MR) is 56.1 cm³/mol. The van der Waals surface area contributed by atoms with Crippen LogP contribution >= 0.6 is 0 Å². The van der Waals surface area contributed by atoms with Crippen molar-refractivity contribution in [1.82, 2.24) is 9.80 Å². The van der Waals surface area contributed by atoms with Crippen LogP contribution in [0.1, 0.15) is 33.6 Å². The second kappa shape index (κ2) is 3.23. The lowest BCUT2D eigenvalue weighted by molar-refractivity contribution is -0.145. The third kappa shape index (κ3) is 1.54. The molecule has 0 aromatic rings. The average molecular weight is 196 g/mol. The number of piperazine rings is 1. The summed E-state index contributed by atoms with van der Waals surface area (Å²) in [5.41, 5.74) is -0.00817. The highest BCUT2D eigenvalue weighted by Crippen LogP contribution is 2.26. The Labute approximate surface area is 86.1 Å². The molecule has 2 fully saturated rings. The zero-order valence-electron chi connectivity index (χ0n) is 9.42. The van der Waals surface area contributed by atoms with Crippen molar-refractivity contribution in [2.45, 2.75) is 45.2 Å². The van der Waals surface area contributed by atoms with Crippen molar-refractivity contribution in [2.75, 3.05) is 19.6 Å². The van der Waals surface area contributed by atoms with Gasteiger partial charge >= 0.3 is 0 Å². The molecule has 0 saturated carbocycles. The van der Waals surface area contributed by atoms with Crippen molar-refractivity contribution < 1.29 is 4.79 Å². The summed E-state index contributed by atoms with van der Waals surface area (Å²) in [6.07, 6.45) is 2.25. The van der Waals surface area contributed by atoms with Crippen LogP contribution < -0.4 is 0 Å². The molecule has 3 heteroatoms. The molecule has 0 bridgehead atoms. The van der Waals surface area contributed by atoms with Gasteiger partial charge in [0.2, 0.25) is 5.91 Å². The molecule has 0 spiro atoms. The molecule has 2 rings (SSSR count). The topological polar surface area (TPSA) is 23.6 Å². The summed E-state index contributed by atoms with van der Waals surface area (Å²) in [6.45, 7) is 9.45. The Bertz CT molecular complexity index is 244. The van der Waals surface area contributed by atoms with Gasteiger partial charge in [0, 0.05) is 18.6 Å². The fourth-order valence-corrected chi connectivity index (χ4v) is 2.56. The van der Waals surface area contributed by atoms with Gasteiger partial charge in [-0.15, -0.1) is 0 Å². The molecular weight excluding hydrogens is 176 g/mol. The van der Waals surface area contributed by atoms with E-state index in [0.29, 0.717) is 5.91 Å². The number of hydrogen-bond donors (Lipinski definition) is 0. The van der Waals surface area contributed by atoms with E-state index in [1.165, 1.54) is 6.42 Å². The first-order chi connectivity index (χ1) is 6.50. The minimum absolute atomic E-state index is 0.00817. The third-order valence-corrected chi connectivity index (χ3v) is 3.34. The molecule has 0 aromatic heterocycles. The van der Waals surface area contributed by atoms with E-state index in [-0.39, 0.29) is 11.6 Å². The Hall–Kier alpha value is -0.570. The average Bonchev–Trinajstić information content (AvgIpc) is 2.50. The first kappa shape index (κ1) is 9.97. The maximum absolute atomic E-state index is 12.1. The molecule has 1 amide bonds. The standard InChI is InChI=1S/C11H20N2O/c1-11(2,3)13-8-7-12-6-4-5-9(12)10(13)14/h9H,4-8H2,1-3H3/t9-/m1/s1. The Morgan fingerprint density at radius 2 is 1.93 bits per heavy atom. The Morgan fingerprint density at radius 1 is 1.21 bits per heavy atom. The molecule has 1 atom stereocenters. The second-order valence-electron chi connectivity index (χ2n) is 5.35. The predicted octanol–water partition coefficient (Wildman–Crippen LogP) is 1.09. The summed E-state index contributed by atoms with van der Waals surface area (Å²) in [5.74, 6) is 0.348. The van der Waals surface area contributed by atoms with E-state index >= 15 is 0 Å². The first-order valence-electron chi connectivity index (χ1n) is 5.56. The molecule has 2 aliphatic heterocycles. The molecule has 0 aliphatic carbocycles. The Morgan fingerprint density at radius 3 is 2.57 bits per heavy atom. The molecule has 0 N–H and O–H groups in total. The Balaban J connectivity index is 2.13. The molecule has 14 heavy (non-hydrogen) atoms. The van der Waals surface area contributed by atoms with Crippen molar-refractivity contribution in [2.24, 2.45) is 0 Å². The van der Waals surface area contributed by atoms with Gasteiger partial charge in [-0.3, -0.25) is 9.69 Å². The number of rotatable bonds is 0. The van der Waals surface area contributed by atoms with Gasteiger partial charge in [0.05, 0.1) is 6.04 Å². The lowest BCUT2D eigenvalue weighted by Gasteiger charge is -2.44. The van der Waals surface area contributed by atoms with Gasteiger partial charge in [-0.1, -0.05) is 0 Å². The largest absolute Gasteiger partial charge is 0.335 e. The first-order valence-corrected chi connectivity index (χ1v) is 5.56. The smallest absolute Gasteiger partial charge is 0.240 e. The highest BCUT2D eigenvalue weighted by molar-refractivity contribution is 5.83. The molecule has 0 aromatic carbocycles. The van der Waals surface area contributed by atoms with E-state index in [1.807, 2.05) is 4.90 Å². The van der Waals surface area contributed by atoms with Gasteiger partial charge in [0.1, 0.15) is 0 Å². The number of amides is 1. The summed E-state index contributed by atoms with van der Waals surface area (Å²) in [7, 11) is 0. The quantitative estimate of drug-likeness (QED) is 0.579. The molecule has 2 saturated heterocycles. The molecule has 0 unspecified atom stereocenters. The van der Waals surface area contributed by atoms with Crippen LogP contribution in [0.15, 0.2) is 0 Å². The normalized spacial score (nSPS) is 29.5. The van der Waals surface area contributed by atoms with Crippen molar-refractivity contribution in [3.8, 4) is 0 Å². The summed E-state index contributed by atoms with van der Waals surface area (Å²) in [6, 6.07) is 0.197. The highest BCUT2D eigenvalue weighted by atomic mass is 16.2. The van der Waals surface area contributed by atoms with E-state index in [2.05, 4.69) is 25.7 Å². The number of fused-ring (bicyclic) bond motifs is 1. The maximum atomic E-state index is 12.1. The van der Waals surface area contributed by atoms with Crippen LogP contribution in [0.3, 0.4) is 0 Å². The number of carbonyl (C=O) groups is 1. The molecule has 3 nitrogen and oxygen atoms in total. The maximum Gasteiger partial charge on any atom is 0.240 e. The lowest BCUT2D eigenvalue weighted by atomic mass is 10.0. The van der Waals surface area contributed by atoms with Crippen LogP contribution in [-0.4, -0.2) is 46.9 Å². The van der Waals surface area contributed by atoms with Gasteiger partial charge in [-0.2, -0.15) is 0 Å². The van der Waals surface area contributed by atoms with Crippen molar-refractivity contribution in [1.29, 1.82) is 0 Å². The van der Waals surface area contributed by atoms with E-state index in [0.717, 1.165) is 26.1 Å². The van der Waals surface area contributed by atoms with Crippen LogP contribution in [0.4, 0.5) is 0 Å². The van der Waals surface area contributed by atoms with Crippen LogP contribution in [0.25, 0.3) is 0 Å². The highest BCUT2D eigenvalue weighted by Gasteiger charge is 2.40. The minimum Gasteiger partial charge on any atom is -0.335 e. The summed E-state index contributed by atoms with van der Waals surface area (Å²) in [4.78, 5) is 16.5. The van der Waals surface area contributed by atoms with Gasteiger partial charge in [0.15, 0.2) is 0 Å². The van der Waals surface area contributed by atoms with Crippen molar-refractivity contribution in [3.63, 3.8) is 0 Å². The monoisotopic (exact) mass is 196 g/mol.